The first-order chi connectivity index (χ1) is 9.21. The van der Waals surface area contributed by atoms with E-state index in [0.29, 0.717) is 0 Å². The maximum atomic E-state index is 4.59. The van der Waals surface area contributed by atoms with Crippen LogP contribution in [0.25, 0.3) is 0 Å². The molecule has 1 aromatic heterocycles. The van der Waals surface area contributed by atoms with Gasteiger partial charge in [-0.05, 0) is 31.1 Å². The third kappa shape index (κ3) is 4.08. The van der Waals surface area contributed by atoms with E-state index in [2.05, 4.69) is 34.4 Å². The first kappa shape index (κ1) is 14.1. The van der Waals surface area contributed by atoms with Gasteiger partial charge in [0.2, 0.25) is 0 Å². The molecular formula is C15H26N4. The predicted octanol–water partition coefficient (Wildman–Crippen LogP) is 3.32. The molecule has 106 valence electrons. The van der Waals surface area contributed by atoms with Crippen LogP contribution in [0, 0.1) is 11.8 Å². The van der Waals surface area contributed by atoms with Crippen LogP contribution in [-0.4, -0.2) is 23.6 Å². The molecule has 1 fully saturated rings. The van der Waals surface area contributed by atoms with E-state index in [1.165, 1.54) is 19.3 Å². The fourth-order valence-corrected chi connectivity index (χ4v) is 2.81. The van der Waals surface area contributed by atoms with Gasteiger partial charge in [-0.3, -0.25) is 0 Å². The average Bonchev–Trinajstić information content (AvgIpc) is 2.82. The zero-order valence-electron chi connectivity index (χ0n) is 12.4. The molecule has 1 aliphatic carbocycles. The van der Waals surface area contributed by atoms with Crippen LogP contribution in [0.2, 0.25) is 0 Å². The summed E-state index contributed by atoms with van der Waals surface area (Å²) in [6.07, 6.45) is 6.08. The molecule has 1 aromatic rings. The number of rotatable bonds is 6. The van der Waals surface area contributed by atoms with E-state index in [1.54, 1.807) is 0 Å². The minimum Gasteiger partial charge on any atom is -0.373 e. The normalized spacial score (nSPS) is 22.5. The fourth-order valence-electron chi connectivity index (χ4n) is 2.81. The number of aryl methyl sites for hydroxylation is 1. The highest BCUT2D eigenvalue weighted by atomic mass is 15.1. The molecule has 2 unspecified atom stereocenters. The van der Waals surface area contributed by atoms with Gasteiger partial charge in [0.1, 0.15) is 17.5 Å². The molecule has 4 nitrogen and oxygen atoms in total. The van der Waals surface area contributed by atoms with E-state index in [-0.39, 0.29) is 0 Å². The number of hydrogen-bond acceptors (Lipinski definition) is 4. The Hall–Kier alpha value is -1.32. The summed E-state index contributed by atoms with van der Waals surface area (Å²) in [4.78, 5) is 9.06. The van der Waals surface area contributed by atoms with E-state index >= 15 is 0 Å². The largest absolute Gasteiger partial charge is 0.373 e. The van der Waals surface area contributed by atoms with Gasteiger partial charge in [0.05, 0.1) is 0 Å². The highest BCUT2D eigenvalue weighted by Crippen LogP contribution is 2.30. The Morgan fingerprint density at radius 3 is 2.68 bits per heavy atom. The van der Waals surface area contributed by atoms with Crippen LogP contribution in [0.3, 0.4) is 0 Å². The lowest BCUT2D eigenvalue weighted by Gasteiger charge is -2.13. The first-order valence-electron chi connectivity index (χ1n) is 7.50. The highest BCUT2D eigenvalue weighted by molar-refractivity contribution is 5.47. The second-order valence-corrected chi connectivity index (χ2v) is 5.72. The molecule has 2 N–H and O–H groups in total. The van der Waals surface area contributed by atoms with Crippen molar-refractivity contribution in [2.24, 2.45) is 11.8 Å². The number of hydrogen-bond donors (Lipinski definition) is 2. The summed E-state index contributed by atoms with van der Waals surface area (Å²) in [5.74, 6) is 4.48. The third-order valence-electron chi connectivity index (χ3n) is 3.88. The van der Waals surface area contributed by atoms with Gasteiger partial charge < -0.3 is 10.6 Å². The summed E-state index contributed by atoms with van der Waals surface area (Å²) in [7, 11) is 1.90. The second kappa shape index (κ2) is 6.73. The van der Waals surface area contributed by atoms with Gasteiger partial charge in [0.15, 0.2) is 0 Å². The zero-order chi connectivity index (χ0) is 13.7. The van der Waals surface area contributed by atoms with Gasteiger partial charge in [-0.15, -0.1) is 0 Å². The molecule has 0 radical (unpaired) electrons. The fraction of sp³-hybridized carbons (Fsp3) is 0.733. The highest BCUT2D eigenvalue weighted by Gasteiger charge is 2.21. The van der Waals surface area contributed by atoms with Gasteiger partial charge in [-0.25, -0.2) is 9.97 Å². The van der Waals surface area contributed by atoms with Crippen LogP contribution in [-0.2, 0) is 6.42 Å². The van der Waals surface area contributed by atoms with E-state index in [1.807, 2.05) is 13.1 Å². The minimum absolute atomic E-state index is 0.803. The Balaban J connectivity index is 1.96. The summed E-state index contributed by atoms with van der Waals surface area (Å²) < 4.78 is 0. The third-order valence-corrected chi connectivity index (χ3v) is 3.88. The lowest BCUT2D eigenvalue weighted by molar-refractivity contribution is 0.536. The van der Waals surface area contributed by atoms with Crippen molar-refractivity contribution in [3.8, 4) is 0 Å². The van der Waals surface area contributed by atoms with Gasteiger partial charge >= 0.3 is 0 Å². The standard InChI is InChI=1S/C15H26N4/c1-4-5-13-18-14(16-3)9-15(19-13)17-10-12-7-6-11(2)8-12/h9,11-12H,4-8,10H2,1-3H3,(H2,16,17,18,19). The zero-order valence-corrected chi connectivity index (χ0v) is 12.4. The Kier molecular flexibility index (Phi) is 5.00. The van der Waals surface area contributed by atoms with Crippen molar-refractivity contribution in [3.63, 3.8) is 0 Å². The van der Waals surface area contributed by atoms with Crippen molar-refractivity contribution < 1.29 is 0 Å². The maximum Gasteiger partial charge on any atom is 0.133 e. The monoisotopic (exact) mass is 262 g/mol. The maximum absolute atomic E-state index is 4.59. The predicted molar refractivity (Wildman–Crippen MR) is 80.6 cm³/mol. The number of aromatic nitrogens is 2. The Bertz CT molecular complexity index is 405. The quantitative estimate of drug-likeness (QED) is 0.825. The first-order valence-corrected chi connectivity index (χ1v) is 7.50. The molecular weight excluding hydrogens is 236 g/mol. The molecule has 0 bridgehead atoms. The smallest absolute Gasteiger partial charge is 0.133 e. The van der Waals surface area contributed by atoms with Crippen molar-refractivity contribution in [2.45, 2.75) is 46.0 Å². The number of nitrogens with one attached hydrogen (secondary N) is 2. The van der Waals surface area contributed by atoms with Crippen molar-refractivity contribution in [3.05, 3.63) is 11.9 Å². The van der Waals surface area contributed by atoms with Crippen LogP contribution < -0.4 is 10.6 Å². The van der Waals surface area contributed by atoms with Gasteiger partial charge in [-0.1, -0.05) is 20.3 Å². The van der Waals surface area contributed by atoms with Crippen LogP contribution in [0.5, 0.6) is 0 Å². The van der Waals surface area contributed by atoms with Gasteiger partial charge in [-0.2, -0.15) is 0 Å². The van der Waals surface area contributed by atoms with E-state index in [4.69, 9.17) is 0 Å². The molecule has 0 aromatic carbocycles. The molecule has 0 spiro atoms. The van der Waals surface area contributed by atoms with Crippen LogP contribution in [0.1, 0.15) is 45.4 Å². The molecule has 4 heteroatoms. The lowest BCUT2D eigenvalue weighted by Crippen LogP contribution is -2.14. The summed E-state index contributed by atoms with van der Waals surface area (Å²) in [6.45, 7) is 5.54. The second-order valence-electron chi connectivity index (χ2n) is 5.72. The molecule has 19 heavy (non-hydrogen) atoms. The van der Waals surface area contributed by atoms with Gasteiger partial charge in [0.25, 0.3) is 0 Å². The Morgan fingerprint density at radius 2 is 2.05 bits per heavy atom. The van der Waals surface area contributed by atoms with Crippen molar-refractivity contribution in [1.29, 1.82) is 0 Å². The molecule has 2 atom stereocenters. The Morgan fingerprint density at radius 1 is 1.26 bits per heavy atom. The Labute approximate surface area is 116 Å². The van der Waals surface area contributed by atoms with Crippen molar-refractivity contribution >= 4 is 11.6 Å². The van der Waals surface area contributed by atoms with Gasteiger partial charge in [0, 0.05) is 26.1 Å². The van der Waals surface area contributed by atoms with Crippen LogP contribution in [0.15, 0.2) is 6.07 Å². The summed E-state index contributed by atoms with van der Waals surface area (Å²) in [5.41, 5.74) is 0. The summed E-state index contributed by atoms with van der Waals surface area (Å²) in [6, 6.07) is 2.00. The molecule has 2 rings (SSSR count). The minimum atomic E-state index is 0.803. The number of anilines is 2. The molecule has 1 aliphatic rings. The summed E-state index contributed by atoms with van der Waals surface area (Å²) >= 11 is 0. The number of nitrogens with zero attached hydrogens (tertiary/aromatic N) is 2. The lowest BCUT2D eigenvalue weighted by atomic mass is 10.1. The van der Waals surface area contributed by atoms with E-state index < -0.39 is 0 Å². The molecule has 1 saturated carbocycles. The molecule has 0 amide bonds. The molecule has 1 heterocycles. The summed E-state index contributed by atoms with van der Waals surface area (Å²) in [5, 5.41) is 6.60. The molecule has 0 saturated heterocycles. The van der Waals surface area contributed by atoms with E-state index in [9.17, 15) is 0 Å². The van der Waals surface area contributed by atoms with Crippen molar-refractivity contribution in [1.82, 2.24) is 9.97 Å². The topological polar surface area (TPSA) is 49.8 Å². The van der Waals surface area contributed by atoms with E-state index in [0.717, 1.165) is 48.7 Å². The van der Waals surface area contributed by atoms with Crippen molar-refractivity contribution in [2.75, 3.05) is 24.2 Å². The van der Waals surface area contributed by atoms with Crippen LogP contribution >= 0.6 is 0 Å². The SMILES string of the molecule is CCCc1nc(NC)cc(NCC2CCC(C)C2)n1. The molecule has 0 aliphatic heterocycles. The van der Waals surface area contributed by atoms with Crippen LogP contribution in [0.4, 0.5) is 11.6 Å². The average molecular weight is 262 g/mol.